The number of carboxylic acid groups (broad SMARTS) is 1. The maximum absolute atomic E-state index is 12.2. The summed E-state index contributed by atoms with van der Waals surface area (Å²) in [5, 5.41) is 8.75. The number of aliphatic carboxylic acids is 1. The zero-order valence-electron chi connectivity index (χ0n) is 7.60. The highest BCUT2D eigenvalue weighted by Crippen LogP contribution is 2.40. The smallest absolute Gasteiger partial charge is 0.414 e. The lowest BCUT2D eigenvalue weighted by atomic mass is 9.97. The second-order valence-corrected chi connectivity index (χ2v) is 3.34. The molecule has 0 aromatic heterocycles. The molecular formula is C8H11F3O3. The van der Waals surface area contributed by atoms with E-state index in [9.17, 15) is 18.0 Å². The van der Waals surface area contributed by atoms with Crippen LogP contribution in [-0.2, 0) is 9.53 Å². The minimum Gasteiger partial charge on any atom is -0.479 e. The van der Waals surface area contributed by atoms with Crippen molar-refractivity contribution in [3.63, 3.8) is 0 Å². The molecule has 82 valence electrons. The van der Waals surface area contributed by atoms with Gasteiger partial charge in [0.25, 0.3) is 0 Å². The van der Waals surface area contributed by atoms with E-state index >= 15 is 0 Å². The second-order valence-electron chi connectivity index (χ2n) is 3.34. The van der Waals surface area contributed by atoms with Crippen LogP contribution < -0.4 is 0 Å². The van der Waals surface area contributed by atoms with Crippen LogP contribution in [0, 0.1) is 0 Å². The summed E-state index contributed by atoms with van der Waals surface area (Å²) in [5.74, 6) is -1.31. The molecule has 0 radical (unpaired) electrons. The average Bonchev–Trinajstić information content (AvgIpc) is 2.47. The van der Waals surface area contributed by atoms with Crippen molar-refractivity contribution in [2.45, 2.75) is 44.1 Å². The number of ether oxygens (including phenoxy) is 1. The summed E-state index contributed by atoms with van der Waals surface area (Å²) in [6.07, 6.45) is -6.70. The number of carbonyl (C=O) groups is 1. The van der Waals surface area contributed by atoms with Gasteiger partial charge in [0.2, 0.25) is 0 Å². The topological polar surface area (TPSA) is 46.5 Å². The van der Waals surface area contributed by atoms with E-state index in [0.717, 1.165) is 0 Å². The van der Waals surface area contributed by atoms with Gasteiger partial charge in [-0.05, 0) is 19.3 Å². The predicted molar refractivity (Wildman–Crippen MR) is 40.8 cm³/mol. The molecule has 0 spiro atoms. The minimum absolute atomic E-state index is 0.0505. The number of rotatable bonds is 2. The molecule has 2 unspecified atom stereocenters. The van der Waals surface area contributed by atoms with Crippen molar-refractivity contribution in [2.24, 2.45) is 0 Å². The highest BCUT2D eigenvalue weighted by atomic mass is 19.4. The van der Waals surface area contributed by atoms with Crippen LogP contribution in [0.4, 0.5) is 13.2 Å². The monoisotopic (exact) mass is 212 g/mol. The van der Waals surface area contributed by atoms with E-state index in [1.54, 1.807) is 0 Å². The van der Waals surface area contributed by atoms with Gasteiger partial charge in [0.1, 0.15) is 0 Å². The molecule has 1 heterocycles. The molecule has 3 nitrogen and oxygen atoms in total. The van der Waals surface area contributed by atoms with Crippen molar-refractivity contribution in [1.29, 1.82) is 0 Å². The van der Waals surface area contributed by atoms with E-state index in [4.69, 9.17) is 5.11 Å². The molecule has 1 aliphatic heterocycles. The molecule has 0 aromatic carbocycles. The Morgan fingerprint density at radius 2 is 2.21 bits per heavy atom. The lowest BCUT2D eigenvalue weighted by Gasteiger charge is -2.23. The molecule has 1 saturated heterocycles. The molecule has 0 bridgehead atoms. The SMILES string of the molecule is CCC1(C(=O)O)CCC(C(F)(F)F)O1. The van der Waals surface area contributed by atoms with Crippen LogP contribution in [0.2, 0.25) is 0 Å². The molecule has 0 aliphatic carbocycles. The molecular weight excluding hydrogens is 201 g/mol. The zero-order valence-corrected chi connectivity index (χ0v) is 7.60. The summed E-state index contributed by atoms with van der Waals surface area (Å²) in [6, 6.07) is 0. The van der Waals surface area contributed by atoms with E-state index < -0.39 is 23.9 Å². The molecule has 0 aromatic rings. The summed E-state index contributed by atoms with van der Waals surface area (Å²) in [5.41, 5.74) is -1.64. The summed E-state index contributed by atoms with van der Waals surface area (Å²) in [6.45, 7) is 1.51. The van der Waals surface area contributed by atoms with Gasteiger partial charge in [-0.1, -0.05) is 6.92 Å². The van der Waals surface area contributed by atoms with Crippen LogP contribution in [-0.4, -0.2) is 29.0 Å². The Kier molecular flexibility index (Phi) is 2.76. The molecule has 1 N–H and O–H groups in total. The second kappa shape index (κ2) is 3.42. The first kappa shape index (κ1) is 11.3. The van der Waals surface area contributed by atoms with Crippen LogP contribution in [0.1, 0.15) is 26.2 Å². The minimum atomic E-state index is -4.47. The van der Waals surface area contributed by atoms with E-state index in [1.807, 2.05) is 0 Å². The fourth-order valence-corrected chi connectivity index (χ4v) is 1.55. The Morgan fingerprint density at radius 1 is 1.64 bits per heavy atom. The third-order valence-electron chi connectivity index (χ3n) is 2.50. The van der Waals surface area contributed by atoms with Gasteiger partial charge in [-0.15, -0.1) is 0 Å². The summed E-state index contributed by atoms with van der Waals surface area (Å²) >= 11 is 0. The predicted octanol–water partition coefficient (Wildman–Crippen LogP) is 1.96. The number of alkyl halides is 3. The van der Waals surface area contributed by atoms with Gasteiger partial charge in [0, 0.05) is 0 Å². The van der Waals surface area contributed by atoms with Gasteiger partial charge >= 0.3 is 12.1 Å². The Balaban J connectivity index is 2.76. The first-order valence-corrected chi connectivity index (χ1v) is 4.30. The van der Waals surface area contributed by atoms with E-state index in [0.29, 0.717) is 0 Å². The van der Waals surface area contributed by atoms with Gasteiger partial charge < -0.3 is 9.84 Å². The fourth-order valence-electron chi connectivity index (χ4n) is 1.55. The van der Waals surface area contributed by atoms with E-state index in [2.05, 4.69) is 4.74 Å². The summed E-state index contributed by atoms with van der Waals surface area (Å²) in [7, 11) is 0. The van der Waals surface area contributed by atoms with Gasteiger partial charge in [0.05, 0.1) is 0 Å². The van der Waals surface area contributed by atoms with Crippen molar-refractivity contribution in [1.82, 2.24) is 0 Å². The van der Waals surface area contributed by atoms with Crippen molar-refractivity contribution in [2.75, 3.05) is 0 Å². The molecule has 2 atom stereocenters. The lowest BCUT2D eigenvalue weighted by molar-refractivity contribution is -0.232. The summed E-state index contributed by atoms with van der Waals surface area (Å²) in [4.78, 5) is 10.7. The average molecular weight is 212 g/mol. The molecule has 1 rings (SSSR count). The Hall–Kier alpha value is -0.780. The Bertz CT molecular complexity index is 238. The van der Waals surface area contributed by atoms with Gasteiger partial charge in [-0.25, -0.2) is 4.79 Å². The number of halogens is 3. The van der Waals surface area contributed by atoms with Crippen molar-refractivity contribution in [3.8, 4) is 0 Å². The van der Waals surface area contributed by atoms with E-state index in [1.165, 1.54) is 6.92 Å². The van der Waals surface area contributed by atoms with Crippen molar-refractivity contribution in [3.05, 3.63) is 0 Å². The number of hydrogen-bond acceptors (Lipinski definition) is 2. The lowest BCUT2D eigenvalue weighted by Crippen LogP contribution is -2.40. The summed E-state index contributed by atoms with van der Waals surface area (Å²) < 4.78 is 41.2. The first-order chi connectivity index (χ1) is 6.32. The zero-order chi connectivity index (χ0) is 11.0. The van der Waals surface area contributed by atoms with E-state index in [-0.39, 0.29) is 19.3 Å². The molecule has 6 heteroatoms. The van der Waals surface area contributed by atoms with Gasteiger partial charge in [0.15, 0.2) is 11.7 Å². The number of carboxylic acids is 1. The standard InChI is InChI=1S/C8H11F3O3/c1-2-7(6(12)13)4-3-5(14-7)8(9,10)11/h5H,2-4H2,1H3,(H,12,13). The Morgan fingerprint density at radius 3 is 2.43 bits per heavy atom. The van der Waals surface area contributed by atoms with Gasteiger partial charge in [-0.3, -0.25) is 0 Å². The highest BCUT2D eigenvalue weighted by Gasteiger charge is 2.54. The molecule has 1 aliphatic rings. The van der Waals surface area contributed by atoms with Crippen LogP contribution in [0.5, 0.6) is 0 Å². The maximum Gasteiger partial charge on any atom is 0.414 e. The molecule has 1 fully saturated rings. The maximum atomic E-state index is 12.2. The fraction of sp³-hybridized carbons (Fsp3) is 0.875. The van der Waals surface area contributed by atoms with Crippen molar-refractivity contribution >= 4 is 5.97 Å². The molecule has 0 saturated carbocycles. The van der Waals surface area contributed by atoms with Crippen LogP contribution in [0.25, 0.3) is 0 Å². The third-order valence-corrected chi connectivity index (χ3v) is 2.50. The van der Waals surface area contributed by atoms with Crippen LogP contribution >= 0.6 is 0 Å². The normalized spacial score (nSPS) is 33.3. The largest absolute Gasteiger partial charge is 0.479 e. The first-order valence-electron chi connectivity index (χ1n) is 4.30. The highest BCUT2D eigenvalue weighted by molar-refractivity contribution is 5.77. The number of hydrogen-bond donors (Lipinski definition) is 1. The van der Waals surface area contributed by atoms with Crippen LogP contribution in [0.15, 0.2) is 0 Å². The van der Waals surface area contributed by atoms with Crippen molar-refractivity contribution < 1.29 is 27.8 Å². The third kappa shape index (κ3) is 1.84. The molecule has 14 heavy (non-hydrogen) atoms. The quantitative estimate of drug-likeness (QED) is 0.761. The van der Waals surface area contributed by atoms with Crippen LogP contribution in [0.3, 0.4) is 0 Å². The van der Waals surface area contributed by atoms with Gasteiger partial charge in [-0.2, -0.15) is 13.2 Å². The Labute approximate surface area is 78.9 Å². The molecule has 0 amide bonds.